The van der Waals surface area contributed by atoms with E-state index in [2.05, 4.69) is 20.7 Å². The average molecular weight is 368 g/mol. The Morgan fingerprint density at radius 2 is 2.05 bits per heavy atom. The third-order valence-corrected chi connectivity index (χ3v) is 4.93. The standard InChI is InChI=1S/C12H15BrFNO4S/c1-7(2)5-10(12(16)17)15-20(18,19)11-4-3-8(14)6-9(11)13/h3-4,6-7,10,15H,5H2,1-2H3,(H,16,17). The molecule has 0 fully saturated rings. The zero-order valence-corrected chi connectivity index (χ0v) is 13.3. The summed E-state index contributed by atoms with van der Waals surface area (Å²) in [6.07, 6.45) is 0.160. The lowest BCUT2D eigenvalue weighted by Gasteiger charge is -2.17. The van der Waals surface area contributed by atoms with Crippen LogP contribution in [-0.2, 0) is 14.8 Å². The van der Waals surface area contributed by atoms with Crippen molar-refractivity contribution in [3.05, 3.63) is 28.5 Å². The number of aliphatic carboxylic acids is 1. The Bertz CT molecular complexity index is 603. The van der Waals surface area contributed by atoms with Gasteiger partial charge in [-0.1, -0.05) is 13.8 Å². The fourth-order valence-electron chi connectivity index (χ4n) is 1.61. The van der Waals surface area contributed by atoms with Crippen molar-refractivity contribution >= 4 is 31.9 Å². The highest BCUT2D eigenvalue weighted by Gasteiger charge is 2.27. The molecule has 1 aromatic rings. The number of hydrogen-bond donors (Lipinski definition) is 2. The number of hydrogen-bond acceptors (Lipinski definition) is 3. The molecule has 0 spiro atoms. The summed E-state index contributed by atoms with van der Waals surface area (Å²) in [5.41, 5.74) is 0. The summed E-state index contributed by atoms with van der Waals surface area (Å²) in [5.74, 6) is -1.83. The summed E-state index contributed by atoms with van der Waals surface area (Å²) in [6.45, 7) is 3.58. The van der Waals surface area contributed by atoms with Crippen molar-refractivity contribution in [2.45, 2.75) is 31.2 Å². The first-order chi connectivity index (χ1) is 9.13. The maximum absolute atomic E-state index is 13.0. The van der Waals surface area contributed by atoms with E-state index in [1.165, 1.54) is 0 Å². The second kappa shape index (κ2) is 6.64. The molecule has 1 atom stereocenters. The molecule has 20 heavy (non-hydrogen) atoms. The summed E-state index contributed by atoms with van der Waals surface area (Å²) in [7, 11) is -4.04. The van der Waals surface area contributed by atoms with Gasteiger partial charge in [-0.3, -0.25) is 4.79 Å². The lowest BCUT2D eigenvalue weighted by molar-refractivity contribution is -0.139. The van der Waals surface area contributed by atoms with Crippen molar-refractivity contribution < 1.29 is 22.7 Å². The van der Waals surface area contributed by atoms with Gasteiger partial charge in [-0.25, -0.2) is 12.8 Å². The number of carbonyl (C=O) groups is 1. The van der Waals surface area contributed by atoms with Crippen LogP contribution in [0.3, 0.4) is 0 Å². The minimum absolute atomic E-state index is 0.00968. The number of benzene rings is 1. The summed E-state index contributed by atoms with van der Waals surface area (Å²) in [5, 5.41) is 9.05. The Balaban J connectivity index is 3.06. The van der Waals surface area contributed by atoms with Crippen LogP contribution in [0.15, 0.2) is 27.6 Å². The summed E-state index contributed by atoms with van der Waals surface area (Å²) in [4.78, 5) is 10.9. The van der Waals surface area contributed by atoms with E-state index < -0.39 is 27.9 Å². The molecule has 112 valence electrons. The van der Waals surface area contributed by atoms with Crippen LogP contribution >= 0.6 is 15.9 Å². The maximum Gasteiger partial charge on any atom is 0.321 e. The van der Waals surface area contributed by atoms with Gasteiger partial charge in [0.1, 0.15) is 11.9 Å². The molecule has 1 unspecified atom stereocenters. The van der Waals surface area contributed by atoms with Gasteiger partial charge in [0.15, 0.2) is 0 Å². The molecule has 0 heterocycles. The molecule has 0 radical (unpaired) electrons. The van der Waals surface area contributed by atoms with Crippen molar-refractivity contribution in [1.29, 1.82) is 0 Å². The molecule has 1 rings (SSSR count). The summed E-state index contributed by atoms with van der Waals surface area (Å²) >= 11 is 2.95. The molecule has 0 amide bonds. The third kappa shape index (κ3) is 4.53. The molecule has 2 N–H and O–H groups in total. The monoisotopic (exact) mass is 367 g/mol. The van der Waals surface area contributed by atoms with Crippen molar-refractivity contribution in [1.82, 2.24) is 4.72 Å². The Hall–Kier alpha value is -0.990. The van der Waals surface area contributed by atoms with Crippen molar-refractivity contribution in [3.63, 3.8) is 0 Å². The molecule has 0 aliphatic carbocycles. The van der Waals surface area contributed by atoms with Gasteiger partial charge < -0.3 is 5.11 Å². The summed E-state index contributed by atoms with van der Waals surface area (Å²) in [6, 6.07) is 1.86. The highest BCUT2D eigenvalue weighted by atomic mass is 79.9. The number of carboxylic acids is 1. The molecular formula is C12H15BrFNO4S. The lowest BCUT2D eigenvalue weighted by atomic mass is 10.1. The quantitative estimate of drug-likeness (QED) is 0.808. The van der Waals surface area contributed by atoms with E-state index in [1.54, 1.807) is 13.8 Å². The van der Waals surface area contributed by atoms with Gasteiger partial charge in [0, 0.05) is 4.47 Å². The van der Waals surface area contributed by atoms with E-state index in [9.17, 15) is 17.6 Å². The molecule has 0 bridgehead atoms. The first kappa shape index (κ1) is 17.1. The topological polar surface area (TPSA) is 83.5 Å². The van der Waals surface area contributed by atoms with E-state index in [-0.39, 0.29) is 21.7 Å². The van der Waals surface area contributed by atoms with Crippen LogP contribution in [0.2, 0.25) is 0 Å². The van der Waals surface area contributed by atoms with Gasteiger partial charge in [-0.05, 0) is 46.5 Å². The zero-order chi connectivity index (χ0) is 15.5. The predicted molar refractivity (Wildman–Crippen MR) is 75.3 cm³/mol. The van der Waals surface area contributed by atoms with Crippen molar-refractivity contribution in [3.8, 4) is 0 Å². The van der Waals surface area contributed by atoms with Crippen LogP contribution in [0.4, 0.5) is 4.39 Å². The van der Waals surface area contributed by atoms with Crippen LogP contribution in [0.25, 0.3) is 0 Å². The van der Waals surface area contributed by atoms with Gasteiger partial charge in [-0.2, -0.15) is 4.72 Å². The molecule has 0 saturated heterocycles. The zero-order valence-electron chi connectivity index (χ0n) is 10.9. The van der Waals surface area contributed by atoms with Gasteiger partial charge in [0.2, 0.25) is 10.0 Å². The number of nitrogens with one attached hydrogen (secondary N) is 1. The molecule has 5 nitrogen and oxygen atoms in total. The van der Waals surface area contributed by atoms with E-state index >= 15 is 0 Å². The van der Waals surface area contributed by atoms with E-state index in [0.29, 0.717) is 0 Å². The van der Waals surface area contributed by atoms with Crippen LogP contribution in [0.5, 0.6) is 0 Å². The average Bonchev–Trinajstić information content (AvgIpc) is 2.26. The van der Waals surface area contributed by atoms with Gasteiger partial charge in [0.25, 0.3) is 0 Å². The maximum atomic E-state index is 13.0. The van der Waals surface area contributed by atoms with E-state index in [4.69, 9.17) is 5.11 Å². The van der Waals surface area contributed by atoms with Crippen LogP contribution < -0.4 is 4.72 Å². The molecule has 1 aromatic carbocycles. The number of sulfonamides is 1. The molecule has 0 aromatic heterocycles. The Morgan fingerprint density at radius 1 is 1.45 bits per heavy atom. The predicted octanol–water partition coefficient (Wildman–Crippen LogP) is 2.37. The smallest absolute Gasteiger partial charge is 0.321 e. The molecule has 0 aliphatic rings. The highest BCUT2D eigenvalue weighted by molar-refractivity contribution is 9.10. The fraction of sp³-hybridized carbons (Fsp3) is 0.417. The van der Waals surface area contributed by atoms with Gasteiger partial charge >= 0.3 is 5.97 Å². The minimum atomic E-state index is -4.04. The fourth-order valence-corrected chi connectivity index (χ4v) is 3.87. The van der Waals surface area contributed by atoms with Gasteiger partial charge in [0.05, 0.1) is 4.90 Å². The van der Waals surface area contributed by atoms with Crippen LogP contribution in [-0.4, -0.2) is 25.5 Å². The molecule has 0 aliphatic heterocycles. The van der Waals surface area contributed by atoms with Crippen LogP contribution in [0, 0.1) is 11.7 Å². The molecule has 8 heteroatoms. The van der Waals surface area contributed by atoms with E-state index in [1.807, 2.05) is 0 Å². The normalized spacial score (nSPS) is 13.4. The first-order valence-corrected chi connectivity index (χ1v) is 8.11. The molecule has 0 saturated carbocycles. The van der Waals surface area contributed by atoms with Crippen molar-refractivity contribution in [2.75, 3.05) is 0 Å². The second-order valence-electron chi connectivity index (χ2n) is 4.72. The second-order valence-corrected chi connectivity index (χ2v) is 7.25. The lowest BCUT2D eigenvalue weighted by Crippen LogP contribution is -2.41. The first-order valence-electron chi connectivity index (χ1n) is 5.83. The number of carboxylic acid groups (broad SMARTS) is 1. The van der Waals surface area contributed by atoms with Gasteiger partial charge in [-0.15, -0.1) is 0 Å². The minimum Gasteiger partial charge on any atom is -0.480 e. The highest BCUT2D eigenvalue weighted by Crippen LogP contribution is 2.23. The SMILES string of the molecule is CC(C)CC(NS(=O)(=O)c1ccc(F)cc1Br)C(=O)O. The van der Waals surface area contributed by atoms with E-state index in [0.717, 1.165) is 18.2 Å². The third-order valence-electron chi connectivity index (χ3n) is 2.49. The summed E-state index contributed by atoms with van der Waals surface area (Å²) < 4.78 is 39.4. The number of rotatable bonds is 6. The largest absolute Gasteiger partial charge is 0.480 e. The Kier molecular flexibility index (Phi) is 5.67. The Labute approximate surface area is 125 Å². The number of halogens is 2. The molecular weight excluding hydrogens is 353 g/mol. The Morgan fingerprint density at radius 3 is 2.50 bits per heavy atom. The van der Waals surface area contributed by atoms with Crippen LogP contribution in [0.1, 0.15) is 20.3 Å². The van der Waals surface area contributed by atoms with Crippen molar-refractivity contribution in [2.24, 2.45) is 5.92 Å².